The van der Waals surface area contributed by atoms with Crippen LogP contribution >= 0.6 is 0 Å². The molecule has 30 heavy (non-hydrogen) atoms. The number of likely N-dealkylation sites (tertiary alicyclic amines) is 1. The van der Waals surface area contributed by atoms with Crippen molar-refractivity contribution in [3.05, 3.63) is 86.3 Å². The van der Waals surface area contributed by atoms with E-state index < -0.39 is 11.2 Å². The lowest BCUT2D eigenvalue weighted by Gasteiger charge is -2.31. The Bertz CT molecular complexity index is 1180. The first kappa shape index (κ1) is 19.9. The quantitative estimate of drug-likeness (QED) is 0.655. The van der Waals surface area contributed by atoms with E-state index >= 15 is 0 Å². The average Bonchev–Trinajstić information content (AvgIpc) is 3.23. The van der Waals surface area contributed by atoms with Crippen LogP contribution in [-0.4, -0.2) is 38.0 Å². The molecule has 0 bridgehead atoms. The molecular weight excluding hydrogens is 384 g/mol. The van der Waals surface area contributed by atoms with Crippen molar-refractivity contribution in [2.45, 2.75) is 25.2 Å². The minimum Gasteiger partial charge on any atom is -0.445 e. The van der Waals surface area contributed by atoms with Gasteiger partial charge >= 0.3 is 5.69 Å². The lowest BCUT2D eigenvalue weighted by atomic mass is 9.97. The van der Waals surface area contributed by atoms with E-state index in [1.54, 1.807) is 11.1 Å². The first-order chi connectivity index (χ1) is 14.4. The lowest BCUT2D eigenvalue weighted by Crippen LogP contribution is -2.44. The summed E-state index contributed by atoms with van der Waals surface area (Å²) in [7, 11) is 2.89. The molecular formula is C22H24N4O4. The molecule has 1 atom stereocenters. The molecule has 8 heteroatoms. The lowest BCUT2D eigenvalue weighted by molar-refractivity contribution is 0.0685. The molecule has 0 N–H and O–H groups in total. The fourth-order valence-corrected chi connectivity index (χ4v) is 3.85. The van der Waals surface area contributed by atoms with Gasteiger partial charge < -0.3 is 9.32 Å². The van der Waals surface area contributed by atoms with E-state index in [0.717, 1.165) is 28.7 Å². The molecule has 0 radical (unpaired) electrons. The number of hydrogen-bond acceptors (Lipinski definition) is 5. The standard InChI is InChI=1S/C22H24N4O4/c1-24-18(12-19(27)25(2)22(24)29)21(28)26-10-6-9-16(14-26)20-23-13-17(30-20)11-15-7-4-3-5-8-15/h3-5,7-8,12-13,16H,6,9-11,14H2,1-2H3/t16-/m1/s1. The van der Waals surface area contributed by atoms with E-state index in [-0.39, 0.29) is 17.5 Å². The minimum absolute atomic E-state index is 0.0178. The van der Waals surface area contributed by atoms with Gasteiger partial charge in [-0.15, -0.1) is 0 Å². The SMILES string of the molecule is Cn1c(C(=O)N2CCC[C@@H](c3ncc(Cc4ccccc4)o3)C2)cc(=O)n(C)c1=O. The second kappa shape index (κ2) is 8.14. The van der Waals surface area contributed by atoms with Gasteiger partial charge in [-0.1, -0.05) is 30.3 Å². The van der Waals surface area contributed by atoms with E-state index in [1.165, 1.54) is 24.7 Å². The molecule has 1 aliphatic heterocycles. The van der Waals surface area contributed by atoms with Gasteiger partial charge in [0.15, 0.2) is 5.89 Å². The van der Waals surface area contributed by atoms with Crippen LogP contribution in [0.5, 0.6) is 0 Å². The second-order valence-electron chi connectivity index (χ2n) is 7.69. The predicted molar refractivity (Wildman–Crippen MR) is 111 cm³/mol. The van der Waals surface area contributed by atoms with Crippen molar-refractivity contribution in [3.63, 3.8) is 0 Å². The van der Waals surface area contributed by atoms with E-state index in [0.29, 0.717) is 25.4 Å². The van der Waals surface area contributed by atoms with Gasteiger partial charge in [-0.05, 0) is 18.4 Å². The Hall–Kier alpha value is -3.42. The van der Waals surface area contributed by atoms with Gasteiger partial charge in [0.25, 0.3) is 11.5 Å². The van der Waals surface area contributed by atoms with Gasteiger partial charge in [-0.2, -0.15) is 0 Å². The molecule has 0 saturated carbocycles. The summed E-state index contributed by atoms with van der Waals surface area (Å²) in [6.45, 7) is 1.00. The Balaban J connectivity index is 1.51. The molecule has 2 aromatic heterocycles. The number of nitrogens with zero attached hydrogens (tertiary/aromatic N) is 4. The van der Waals surface area contributed by atoms with Crippen molar-refractivity contribution in [2.75, 3.05) is 13.1 Å². The van der Waals surface area contributed by atoms with Crippen LogP contribution in [0.15, 0.2) is 56.6 Å². The maximum Gasteiger partial charge on any atom is 0.331 e. The molecule has 3 heterocycles. The van der Waals surface area contributed by atoms with E-state index in [2.05, 4.69) is 4.98 Å². The number of hydrogen-bond donors (Lipinski definition) is 0. The van der Waals surface area contributed by atoms with Crippen molar-refractivity contribution in [2.24, 2.45) is 14.1 Å². The molecule has 3 aromatic rings. The smallest absolute Gasteiger partial charge is 0.331 e. The van der Waals surface area contributed by atoms with Gasteiger partial charge in [-0.3, -0.25) is 18.7 Å². The number of carbonyl (C=O) groups excluding carboxylic acids is 1. The molecule has 1 amide bonds. The number of aromatic nitrogens is 3. The summed E-state index contributed by atoms with van der Waals surface area (Å²) in [6, 6.07) is 11.2. The highest BCUT2D eigenvalue weighted by Gasteiger charge is 2.29. The first-order valence-corrected chi connectivity index (χ1v) is 9.99. The largest absolute Gasteiger partial charge is 0.445 e. The Morgan fingerprint density at radius 2 is 1.93 bits per heavy atom. The van der Waals surface area contributed by atoms with Gasteiger partial charge in [0.05, 0.1) is 12.1 Å². The first-order valence-electron chi connectivity index (χ1n) is 9.99. The number of rotatable bonds is 4. The molecule has 1 aliphatic rings. The zero-order chi connectivity index (χ0) is 21.3. The predicted octanol–water partition coefficient (Wildman–Crippen LogP) is 1.68. The minimum atomic E-state index is -0.516. The van der Waals surface area contributed by atoms with Crippen LogP contribution in [0.2, 0.25) is 0 Å². The van der Waals surface area contributed by atoms with E-state index in [1.807, 2.05) is 30.3 Å². The van der Waals surface area contributed by atoms with Crippen molar-refractivity contribution in [1.82, 2.24) is 19.0 Å². The highest BCUT2D eigenvalue weighted by atomic mass is 16.4. The van der Waals surface area contributed by atoms with Gasteiger partial charge in [0.2, 0.25) is 0 Å². The number of benzene rings is 1. The molecule has 1 aromatic carbocycles. The van der Waals surface area contributed by atoms with Crippen molar-refractivity contribution >= 4 is 5.91 Å². The van der Waals surface area contributed by atoms with Crippen LogP contribution in [-0.2, 0) is 20.5 Å². The molecule has 4 rings (SSSR count). The van der Waals surface area contributed by atoms with Crippen LogP contribution < -0.4 is 11.2 Å². The summed E-state index contributed by atoms with van der Waals surface area (Å²) in [5.41, 5.74) is 0.235. The molecule has 0 aliphatic carbocycles. The number of piperidine rings is 1. The van der Waals surface area contributed by atoms with E-state index in [9.17, 15) is 14.4 Å². The Kier molecular flexibility index (Phi) is 5.39. The van der Waals surface area contributed by atoms with Gasteiger partial charge in [0.1, 0.15) is 11.5 Å². The summed E-state index contributed by atoms with van der Waals surface area (Å²) in [6.07, 6.45) is 4.07. The molecule has 156 valence electrons. The Labute approximate surface area is 173 Å². The molecule has 8 nitrogen and oxygen atoms in total. The van der Waals surface area contributed by atoms with Crippen LogP contribution in [0.25, 0.3) is 0 Å². The topological polar surface area (TPSA) is 90.3 Å². The third kappa shape index (κ3) is 3.85. The van der Waals surface area contributed by atoms with Crippen molar-refractivity contribution in [1.29, 1.82) is 0 Å². The third-order valence-corrected chi connectivity index (χ3v) is 5.60. The summed E-state index contributed by atoms with van der Waals surface area (Å²) >= 11 is 0. The highest BCUT2D eigenvalue weighted by molar-refractivity contribution is 5.92. The zero-order valence-corrected chi connectivity index (χ0v) is 17.1. The molecule has 1 fully saturated rings. The van der Waals surface area contributed by atoms with Crippen molar-refractivity contribution < 1.29 is 9.21 Å². The fourth-order valence-electron chi connectivity index (χ4n) is 3.85. The molecule has 0 spiro atoms. The molecule has 1 saturated heterocycles. The number of carbonyl (C=O) groups is 1. The normalized spacial score (nSPS) is 16.6. The number of oxazole rings is 1. The van der Waals surface area contributed by atoms with Crippen LogP contribution in [0.4, 0.5) is 0 Å². The maximum absolute atomic E-state index is 13.0. The summed E-state index contributed by atoms with van der Waals surface area (Å²) in [5.74, 6) is 1.06. The second-order valence-corrected chi connectivity index (χ2v) is 7.69. The maximum atomic E-state index is 13.0. The van der Waals surface area contributed by atoms with Gasteiger partial charge in [-0.25, -0.2) is 9.78 Å². The van der Waals surface area contributed by atoms with E-state index in [4.69, 9.17) is 4.42 Å². The number of amides is 1. The highest BCUT2D eigenvalue weighted by Crippen LogP contribution is 2.28. The zero-order valence-electron chi connectivity index (χ0n) is 17.1. The third-order valence-electron chi connectivity index (χ3n) is 5.60. The Morgan fingerprint density at radius 3 is 2.70 bits per heavy atom. The van der Waals surface area contributed by atoms with Crippen LogP contribution in [0, 0.1) is 0 Å². The van der Waals surface area contributed by atoms with Crippen LogP contribution in [0.1, 0.15) is 46.5 Å². The van der Waals surface area contributed by atoms with Crippen LogP contribution in [0.3, 0.4) is 0 Å². The fraction of sp³-hybridized carbons (Fsp3) is 0.364. The van der Waals surface area contributed by atoms with Gasteiger partial charge in [0, 0.05) is 39.7 Å². The van der Waals surface area contributed by atoms with Crippen molar-refractivity contribution in [3.8, 4) is 0 Å². The summed E-state index contributed by atoms with van der Waals surface area (Å²) in [5, 5.41) is 0. The summed E-state index contributed by atoms with van der Waals surface area (Å²) in [4.78, 5) is 43.3. The molecule has 0 unspecified atom stereocenters. The summed E-state index contributed by atoms with van der Waals surface area (Å²) < 4.78 is 8.18. The Morgan fingerprint density at radius 1 is 1.17 bits per heavy atom. The monoisotopic (exact) mass is 408 g/mol. The average molecular weight is 408 g/mol.